The number of aliphatic carboxylic acids is 2. The zero-order valence-electron chi connectivity index (χ0n) is 19.2. The van der Waals surface area contributed by atoms with Crippen LogP contribution < -0.4 is 33.4 Å². The summed E-state index contributed by atoms with van der Waals surface area (Å²) in [6, 6.07) is 11.3. The third-order valence-corrected chi connectivity index (χ3v) is 8.20. The highest BCUT2D eigenvalue weighted by Crippen LogP contribution is 2.47. The summed E-state index contributed by atoms with van der Waals surface area (Å²) in [6.45, 7) is 2.72. The number of benzene rings is 2. The Morgan fingerprint density at radius 2 is 1.75 bits per heavy atom. The number of anilines is 1. The molecular formula is C25H23Cl2IN2O4S2. The molecular weight excluding hydrogens is 654 g/mol. The quantitative estimate of drug-likeness (QED) is 0.266. The summed E-state index contributed by atoms with van der Waals surface area (Å²) in [5, 5.41) is 21.6. The largest absolute Gasteiger partial charge is 1.00 e. The van der Waals surface area contributed by atoms with E-state index in [1.807, 2.05) is 45.9 Å². The lowest BCUT2D eigenvalue weighted by atomic mass is 10.2. The van der Waals surface area contributed by atoms with Crippen molar-refractivity contribution in [1.29, 1.82) is 0 Å². The number of hydrogen-bond donors (Lipinski definition) is 2. The van der Waals surface area contributed by atoms with Crippen molar-refractivity contribution < 1.29 is 48.3 Å². The van der Waals surface area contributed by atoms with Crippen molar-refractivity contribution in [2.45, 2.75) is 37.6 Å². The molecule has 2 heterocycles. The molecule has 1 aromatic heterocycles. The molecule has 6 nitrogen and oxygen atoms in total. The minimum atomic E-state index is -0.862. The third-order valence-electron chi connectivity index (χ3n) is 5.51. The molecule has 11 heteroatoms. The molecule has 0 spiro atoms. The number of thioether (sulfide) groups is 1. The smallest absolute Gasteiger partial charge is 0.309 e. The molecule has 0 saturated carbocycles. The highest BCUT2D eigenvalue weighted by atomic mass is 127. The van der Waals surface area contributed by atoms with Gasteiger partial charge in [0.25, 0.3) is 5.01 Å². The average molecular weight is 677 g/mol. The number of carbonyl (C=O) groups is 2. The number of allylic oxidation sites excluding steroid dienone is 2. The molecule has 1 aliphatic heterocycles. The number of carboxylic acid groups (broad SMARTS) is 2. The molecule has 190 valence electrons. The van der Waals surface area contributed by atoms with Gasteiger partial charge in [-0.2, -0.15) is 4.57 Å². The van der Waals surface area contributed by atoms with E-state index in [1.165, 1.54) is 0 Å². The van der Waals surface area contributed by atoms with Gasteiger partial charge in [0, 0.05) is 33.6 Å². The second kappa shape index (κ2) is 12.6. The molecule has 1 aliphatic rings. The van der Waals surface area contributed by atoms with Gasteiger partial charge >= 0.3 is 11.9 Å². The number of nitrogens with zero attached hydrogens (tertiary/aromatic N) is 2. The first kappa shape index (κ1) is 28.8. The Morgan fingerprint density at radius 1 is 1.06 bits per heavy atom. The summed E-state index contributed by atoms with van der Waals surface area (Å²) >= 11 is 15.6. The van der Waals surface area contributed by atoms with Crippen LogP contribution in [0.15, 0.2) is 58.0 Å². The van der Waals surface area contributed by atoms with E-state index in [0.717, 1.165) is 42.8 Å². The number of aromatic nitrogens is 1. The van der Waals surface area contributed by atoms with Gasteiger partial charge in [-0.25, -0.2) is 0 Å². The Labute approximate surface area is 244 Å². The van der Waals surface area contributed by atoms with Crippen LogP contribution in [0, 0.1) is 0 Å². The monoisotopic (exact) mass is 676 g/mol. The van der Waals surface area contributed by atoms with E-state index in [-0.39, 0.29) is 36.8 Å². The third kappa shape index (κ3) is 6.74. The van der Waals surface area contributed by atoms with Gasteiger partial charge in [0.1, 0.15) is 11.1 Å². The van der Waals surface area contributed by atoms with E-state index in [1.54, 1.807) is 23.1 Å². The van der Waals surface area contributed by atoms with Gasteiger partial charge in [0.15, 0.2) is 6.54 Å². The summed E-state index contributed by atoms with van der Waals surface area (Å²) in [7, 11) is 0. The molecule has 0 saturated heterocycles. The molecule has 0 aliphatic carbocycles. The molecule has 4 rings (SSSR count). The maximum Gasteiger partial charge on any atom is 0.309 e. The molecule has 3 aromatic rings. The topological polar surface area (TPSA) is 81.7 Å². The minimum Gasteiger partial charge on any atom is -1.00 e. The van der Waals surface area contributed by atoms with Crippen molar-refractivity contribution in [1.82, 2.24) is 0 Å². The van der Waals surface area contributed by atoms with E-state index in [2.05, 4.69) is 19.1 Å². The number of carboxylic acids is 2. The first-order valence-electron chi connectivity index (χ1n) is 11.0. The highest BCUT2D eigenvalue weighted by molar-refractivity contribution is 8.03. The van der Waals surface area contributed by atoms with E-state index >= 15 is 0 Å². The Bertz CT molecular complexity index is 1370. The number of rotatable bonds is 9. The van der Waals surface area contributed by atoms with Gasteiger partial charge in [-0.15, -0.1) is 0 Å². The summed E-state index contributed by atoms with van der Waals surface area (Å²) < 4.78 is 3.02. The van der Waals surface area contributed by atoms with Crippen LogP contribution >= 0.6 is 46.3 Å². The Kier molecular flexibility index (Phi) is 10.1. The molecule has 36 heavy (non-hydrogen) atoms. The van der Waals surface area contributed by atoms with Crippen LogP contribution in [-0.2, 0) is 16.1 Å². The van der Waals surface area contributed by atoms with Gasteiger partial charge in [-0.3, -0.25) is 9.59 Å². The molecule has 0 unspecified atom stereocenters. The molecule has 0 atom stereocenters. The van der Waals surface area contributed by atoms with Gasteiger partial charge in [-0.05, 0) is 48.4 Å². The fourth-order valence-electron chi connectivity index (χ4n) is 3.80. The predicted octanol–water partition coefficient (Wildman–Crippen LogP) is 3.70. The maximum atomic E-state index is 11.3. The van der Waals surface area contributed by atoms with E-state index in [0.29, 0.717) is 23.1 Å². The lowest BCUT2D eigenvalue weighted by Crippen LogP contribution is -3.00. The molecule has 2 N–H and O–H groups in total. The number of hydrogen-bond acceptors (Lipinski definition) is 5. The number of fused-ring (bicyclic) bond motifs is 2. The second-order valence-corrected chi connectivity index (χ2v) is 10.9. The van der Waals surface area contributed by atoms with Crippen LogP contribution in [0.5, 0.6) is 0 Å². The van der Waals surface area contributed by atoms with Crippen LogP contribution in [0.2, 0.25) is 10.0 Å². The van der Waals surface area contributed by atoms with Crippen LogP contribution in [0.3, 0.4) is 0 Å². The second-order valence-electron chi connectivity index (χ2n) is 7.91. The molecule has 0 fully saturated rings. The molecule has 0 bridgehead atoms. The van der Waals surface area contributed by atoms with Crippen LogP contribution in [0.4, 0.5) is 5.69 Å². The summed E-state index contributed by atoms with van der Waals surface area (Å²) in [6.07, 6.45) is 4.88. The van der Waals surface area contributed by atoms with Crippen molar-refractivity contribution in [3.8, 4) is 0 Å². The lowest BCUT2D eigenvalue weighted by Gasteiger charge is -2.20. The van der Waals surface area contributed by atoms with Crippen molar-refractivity contribution >= 4 is 80.2 Å². The summed E-state index contributed by atoms with van der Waals surface area (Å²) in [5.41, 5.74) is 2.84. The van der Waals surface area contributed by atoms with Gasteiger partial charge in [0.2, 0.25) is 5.52 Å². The normalized spacial score (nSPS) is 14.2. The fourth-order valence-corrected chi connectivity index (χ4v) is 6.43. The van der Waals surface area contributed by atoms with Crippen LogP contribution in [0.1, 0.15) is 31.2 Å². The Morgan fingerprint density at radius 3 is 2.44 bits per heavy atom. The van der Waals surface area contributed by atoms with Crippen LogP contribution in [0.25, 0.3) is 16.3 Å². The maximum absolute atomic E-state index is 11.3. The summed E-state index contributed by atoms with van der Waals surface area (Å²) in [4.78, 5) is 25.6. The number of aryl methyl sites for hydroxylation is 1. The zero-order valence-corrected chi connectivity index (χ0v) is 24.5. The van der Waals surface area contributed by atoms with Crippen molar-refractivity contribution in [2.24, 2.45) is 0 Å². The van der Waals surface area contributed by atoms with Gasteiger partial charge in [0.05, 0.1) is 17.1 Å². The standard InChI is InChI=1S/C25H22Cl2N2O4S2.HI/c1-2-15(11-22-28(9-7-24(30)31)18-13-16(26)3-5-20(18)34-22)12-23-29(10-8-25(32)33)19-14-17(27)4-6-21(19)35-23;/h3-6,11-14H,2,7-10H2,1H3,(H-,30,31,32,33);1H. The van der Waals surface area contributed by atoms with Gasteiger partial charge in [-0.1, -0.05) is 53.2 Å². The first-order chi connectivity index (χ1) is 16.7. The minimum absolute atomic E-state index is 0. The van der Waals surface area contributed by atoms with Crippen molar-refractivity contribution in [3.05, 3.63) is 68.1 Å². The highest BCUT2D eigenvalue weighted by Gasteiger charge is 2.26. The van der Waals surface area contributed by atoms with E-state index < -0.39 is 11.9 Å². The van der Waals surface area contributed by atoms with Crippen LogP contribution in [-0.4, -0.2) is 28.7 Å². The van der Waals surface area contributed by atoms with E-state index in [9.17, 15) is 19.8 Å². The molecule has 0 radical (unpaired) electrons. The van der Waals surface area contributed by atoms with Crippen molar-refractivity contribution in [3.63, 3.8) is 0 Å². The Balaban J connectivity index is 0.00000361. The SMILES string of the molecule is CCC(=Cc1sc2ccc(Cl)cc2[n+]1CCC(=O)O)C=C1Sc2ccc(Cl)cc2N1CCC(=O)O.[I-]. The van der Waals surface area contributed by atoms with Crippen molar-refractivity contribution in [2.75, 3.05) is 11.4 Å². The molecule has 0 amide bonds. The van der Waals surface area contributed by atoms with E-state index in [4.69, 9.17) is 23.2 Å². The average Bonchev–Trinajstić information content (AvgIpc) is 3.31. The number of thiazole rings is 1. The summed E-state index contributed by atoms with van der Waals surface area (Å²) in [5.74, 6) is -1.72. The van der Waals surface area contributed by atoms with Gasteiger partial charge < -0.3 is 39.1 Å². The predicted molar refractivity (Wildman–Crippen MR) is 143 cm³/mol. The first-order valence-corrected chi connectivity index (χ1v) is 13.4. The Hall–Kier alpha value is -1.79. The fraction of sp³-hybridized carbons (Fsp3) is 0.240. The zero-order chi connectivity index (χ0) is 25.1. The molecule has 2 aromatic carbocycles. The number of halogens is 3. The lowest BCUT2D eigenvalue weighted by molar-refractivity contribution is -0.667.